The van der Waals surface area contributed by atoms with Crippen molar-refractivity contribution in [2.75, 3.05) is 25.0 Å². The Labute approximate surface area is 121 Å². The molecular formula is C16H23N3O. The van der Waals surface area contributed by atoms with Crippen LogP contribution in [0.3, 0.4) is 0 Å². The standard InChI is InChI=1S/C16H23N3O/c1-16(2,3)13-19(11-7-10-17)12-15(20)18-14-8-5-4-6-9-14/h4-6,8-9H,7,11-13H2,1-3H3,(H,18,20). The summed E-state index contributed by atoms with van der Waals surface area (Å²) < 4.78 is 0. The lowest BCUT2D eigenvalue weighted by molar-refractivity contribution is -0.117. The molecule has 4 nitrogen and oxygen atoms in total. The highest BCUT2D eigenvalue weighted by atomic mass is 16.2. The van der Waals surface area contributed by atoms with E-state index in [-0.39, 0.29) is 11.3 Å². The average Bonchev–Trinajstić information content (AvgIpc) is 2.35. The maximum Gasteiger partial charge on any atom is 0.238 e. The number of rotatable bonds is 6. The van der Waals surface area contributed by atoms with E-state index in [4.69, 9.17) is 5.26 Å². The molecule has 1 aromatic carbocycles. The van der Waals surface area contributed by atoms with Crippen molar-refractivity contribution < 1.29 is 4.79 Å². The number of benzene rings is 1. The second kappa shape index (κ2) is 7.66. The zero-order valence-electron chi connectivity index (χ0n) is 12.5. The van der Waals surface area contributed by atoms with Gasteiger partial charge in [0.25, 0.3) is 0 Å². The number of nitriles is 1. The third-order valence-corrected chi connectivity index (χ3v) is 2.66. The molecule has 1 aromatic rings. The number of hydrogen-bond acceptors (Lipinski definition) is 3. The smallest absolute Gasteiger partial charge is 0.238 e. The van der Waals surface area contributed by atoms with Gasteiger partial charge in [-0.15, -0.1) is 0 Å². The first kappa shape index (κ1) is 16.2. The first-order valence-corrected chi connectivity index (χ1v) is 6.85. The Morgan fingerprint density at radius 1 is 1.30 bits per heavy atom. The molecule has 0 heterocycles. The van der Waals surface area contributed by atoms with Crippen molar-refractivity contribution in [1.29, 1.82) is 5.26 Å². The molecule has 0 saturated carbocycles. The molecular weight excluding hydrogens is 250 g/mol. The first-order chi connectivity index (χ1) is 9.40. The topological polar surface area (TPSA) is 56.1 Å². The van der Waals surface area contributed by atoms with Gasteiger partial charge in [-0.1, -0.05) is 39.0 Å². The summed E-state index contributed by atoms with van der Waals surface area (Å²) in [6.45, 7) is 8.10. The molecule has 4 heteroatoms. The van der Waals surface area contributed by atoms with E-state index in [9.17, 15) is 4.79 Å². The van der Waals surface area contributed by atoms with Gasteiger partial charge in [-0.05, 0) is 17.5 Å². The van der Waals surface area contributed by atoms with E-state index in [1.165, 1.54) is 0 Å². The number of nitrogens with zero attached hydrogens (tertiary/aromatic N) is 2. The van der Waals surface area contributed by atoms with Gasteiger partial charge < -0.3 is 5.32 Å². The molecule has 1 amide bonds. The highest BCUT2D eigenvalue weighted by Crippen LogP contribution is 2.15. The summed E-state index contributed by atoms with van der Waals surface area (Å²) >= 11 is 0. The summed E-state index contributed by atoms with van der Waals surface area (Å²) in [6.07, 6.45) is 0.439. The van der Waals surface area contributed by atoms with Crippen molar-refractivity contribution in [3.63, 3.8) is 0 Å². The largest absolute Gasteiger partial charge is 0.325 e. The maximum absolute atomic E-state index is 12.0. The van der Waals surface area contributed by atoms with Crippen molar-refractivity contribution in [3.05, 3.63) is 30.3 Å². The fourth-order valence-electron chi connectivity index (χ4n) is 2.02. The van der Waals surface area contributed by atoms with Gasteiger partial charge in [0.05, 0.1) is 12.6 Å². The van der Waals surface area contributed by atoms with E-state index in [2.05, 4.69) is 32.2 Å². The maximum atomic E-state index is 12.0. The van der Waals surface area contributed by atoms with Gasteiger partial charge in [-0.2, -0.15) is 5.26 Å². The number of carbonyl (C=O) groups excluding carboxylic acids is 1. The molecule has 0 aliphatic rings. The highest BCUT2D eigenvalue weighted by Gasteiger charge is 2.18. The van der Waals surface area contributed by atoms with E-state index in [0.717, 1.165) is 12.2 Å². The monoisotopic (exact) mass is 273 g/mol. The quantitative estimate of drug-likeness (QED) is 0.867. The minimum Gasteiger partial charge on any atom is -0.325 e. The van der Waals surface area contributed by atoms with Crippen LogP contribution in [0.1, 0.15) is 27.2 Å². The predicted molar refractivity (Wildman–Crippen MR) is 81.2 cm³/mol. The van der Waals surface area contributed by atoms with Crippen molar-refractivity contribution in [1.82, 2.24) is 4.90 Å². The Balaban J connectivity index is 2.55. The van der Waals surface area contributed by atoms with E-state index in [1.54, 1.807) is 0 Å². The number of nitrogens with one attached hydrogen (secondary N) is 1. The second-order valence-corrected chi connectivity index (χ2v) is 6.09. The predicted octanol–water partition coefficient (Wildman–Crippen LogP) is 2.89. The molecule has 0 aliphatic heterocycles. The molecule has 1 rings (SSSR count). The number of carbonyl (C=O) groups is 1. The minimum absolute atomic E-state index is 0.0432. The summed E-state index contributed by atoms with van der Waals surface area (Å²) in [5, 5.41) is 11.6. The Morgan fingerprint density at radius 3 is 2.50 bits per heavy atom. The van der Waals surface area contributed by atoms with Crippen LogP contribution in [0, 0.1) is 16.7 Å². The molecule has 0 saturated heterocycles. The normalized spacial score (nSPS) is 11.2. The molecule has 0 fully saturated rings. The number of para-hydroxylation sites is 1. The molecule has 0 unspecified atom stereocenters. The van der Waals surface area contributed by atoms with Crippen LogP contribution in [0.5, 0.6) is 0 Å². The molecule has 20 heavy (non-hydrogen) atoms. The van der Waals surface area contributed by atoms with Gasteiger partial charge in [-0.25, -0.2) is 0 Å². The zero-order chi connectivity index (χ0) is 15.0. The average molecular weight is 273 g/mol. The van der Waals surface area contributed by atoms with Crippen molar-refractivity contribution in [2.24, 2.45) is 5.41 Å². The lowest BCUT2D eigenvalue weighted by atomic mass is 9.96. The molecule has 0 spiro atoms. The third kappa shape index (κ3) is 6.91. The van der Waals surface area contributed by atoms with Gasteiger partial charge in [0, 0.05) is 25.2 Å². The lowest BCUT2D eigenvalue weighted by Gasteiger charge is -2.28. The van der Waals surface area contributed by atoms with E-state index >= 15 is 0 Å². The van der Waals surface area contributed by atoms with Crippen LogP contribution >= 0.6 is 0 Å². The minimum atomic E-state index is -0.0432. The van der Waals surface area contributed by atoms with Crippen LogP contribution in [0.4, 0.5) is 5.69 Å². The summed E-state index contributed by atoms with van der Waals surface area (Å²) in [5.74, 6) is -0.0432. The molecule has 0 bridgehead atoms. The van der Waals surface area contributed by atoms with Crippen LogP contribution in [-0.2, 0) is 4.79 Å². The van der Waals surface area contributed by atoms with Crippen LogP contribution < -0.4 is 5.32 Å². The number of anilines is 1. The molecule has 0 aromatic heterocycles. The third-order valence-electron chi connectivity index (χ3n) is 2.66. The fraction of sp³-hybridized carbons (Fsp3) is 0.500. The van der Waals surface area contributed by atoms with Gasteiger partial charge in [0.1, 0.15) is 0 Å². The summed E-state index contributed by atoms with van der Waals surface area (Å²) in [4.78, 5) is 14.1. The molecule has 1 N–H and O–H groups in total. The van der Waals surface area contributed by atoms with Crippen LogP contribution in [0.15, 0.2) is 30.3 Å². The van der Waals surface area contributed by atoms with E-state index in [0.29, 0.717) is 19.5 Å². The van der Waals surface area contributed by atoms with Crippen molar-refractivity contribution >= 4 is 11.6 Å². The summed E-state index contributed by atoms with van der Waals surface area (Å²) in [7, 11) is 0. The lowest BCUT2D eigenvalue weighted by Crippen LogP contribution is -2.39. The number of amides is 1. The fourth-order valence-corrected chi connectivity index (χ4v) is 2.02. The molecule has 0 aliphatic carbocycles. The van der Waals surface area contributed by atoms with E-state index in [1.807, 2.05) is 35.2 Å². The summed E-state index contributed by atoms with van der Waals surface area (Å²) in [6, 6.07) is 11.5. The Bertz CT molecular complexity index is 457. The Morgan fingerprint density at radius 2 is 1.95 bits per heavy atom. The van der Waals surface area contributed by atoms with Crippen LogP contribution in [0.25, 0.3) is 0 Å². The Kier molecular flexibility index (Phi) is 6.20. The first-order valence-electron chi connectivity index (χ1n) is 6.85. The summed E-state index contributed by atoms with van der Waals surface area (Å²) in [5.41, 5.74) is 0.899. The van der Waals surface area contributed by atoms with Crippen LogP contribution in [-0.4, -0.2) is 30.4 Å². The Hall–Kier alpha value is -1.86. The molecule has 108 valence electrons. The molecule has 0 atom stereocenters. The van der Waals surface area contributed by atoms with Crippen molar-refractivity contribution in [3.8, 4) is 6.07 Å². The molecule has 0 radical (unpaired) electrons. The zero-order valence-corrected chi connectivity index (χ0v) is 12.5. The van der Waals surface area contributed by atoms with Gasteiger partial charge in [0.15, 0.2) is 0 Å². The highest BCUT2D eigenvalue weighted by molar-refractivity contribution is 5.92. The van der Waals surface area contributed by atoms with Crippen molar-refractivity contribution in [2.45, 2.75) is 27.2 Å². The van der Waals surface area contributed by atoms with Gasteiger partial charge in [0.2, 0.25) is 5.91 Å². The van der Waals surface area contributed by atoms with Gasteiger partial charge >= 0.3 is 0 Å². The van der Waals surface area contributed by atoms with E-state index < -0.39 is 0 Å². The van der Waals surface area contributed by atoms with Gasteiger partial charge in [-0.3, -0.25) is 9.69 Å². The second-order valence-electron chi connectivity index (χ2n) is 6.09. The SMILES string of the molecule is CC(C)(C)CN(CCC#N)CC(=O)Nc1ccccc1. The van der Waals surface area contributed by atoms with Crippen LogP contribution in [0.2, 0.25) is 0 Å². The number of hydrogen-bond donors (Lipinski definition) is 1.